The smallest absolute Gasteiger partial charge is 0.0165 e. The monoisotopic (exact) mass is 728 g/mol. The Morgan fingerprint density at radius 3 is 1.26 bits per heavy atom. The maximum Gasteiger partial charge on any atom is 0.0165 e. The molecule has 272 valence electrons. The molecule has 3 aliphatic carbocycles. The molecular formula is C57H44. The molecule has 0 saturated heterocycles. The third-order valence-electron chi connectivity index (χ3n) is 14.4. The summed E-state index contributed by atoms with van der Waals surface area (Å²) in [6.45, 7) is 14.4. The highest BCUT2D eigenvalue weighted by atomic mass is 14.4. The van der Waals surface area contributed by atoms with Gasteiger partial charge in [-0.25, -0.2) is 0 Å². The number of hydrogen-bond donors (Lipinski definition) is 0. The quantitative estimate of drug-likeness (QED) is 0.156. The molecule has 9 aromatic carbocycles. The zero-order valence-electron chi connectivity index (χ0n) is 33.5. The van der Waals surface area contributed by atoms with E-state index in [1.165, 1.54) is 121 Å². The maximum atomic E-state index is 2.47. The summed E-state index contributed by atoms with van der Waals surface area (Å²) in [4.78, 5) is 0. The summed E-state index contributed by atoms with van der Waals surface area (Å²) < 4.78 is 0. The standard InChI is InChI=1S/C57H44/c1-55(2)49-26-20-34(30-46(49)47-31-35(21-27-50(47)55)36-19-23-41-40-16-11-12-18-48(40)56(3,4)52(41)32-36)33-22-28-51-45(29-33)44-25-24-43-39-15-8-7-13-37(39)38-14-9-10-17-42(38)53(43)54(44)57(51,5)6/h7-32H,1-6H3. The van der Waals surface area contributed by atoms with Crippen molar-refractivity contribution in [2.75, 3.05) is 0 Å². The van der Waals surface area contributed by atoms with E-state index in [0.29, 0.717) is 0 Å². The second-order valence-corrected chi connectivity index (χ2v) is 18.5. The van der Waals surface area contributed by atoms with Crippen LogP contribution in [0.25, 0.3) is 88.0 Å². The fourth-order valence-electron chi connectivity index (χ4n) is 11.5. The third kappa shape index (κ3) is 4.23. The van der Waals surface area contributed by atoms with Crippen molar-refractivity contribution in [1.82, 2.24) is 0 Å². The molecule has 0 fully saturated rings. The van der Waals surface area contributed by atoms with Crippen molar-refractivity contribution in [2.45, 2.75) is 57.8 Å². The van der Waals surface area contributed by atoms with Crippen LogP contribution in [0.15, 0.2) is 158 Å². The number of hydrogen-bond acceptors (Lipinski definition) is 0. The Morgan fingerprint density at radius 1 is 0.263 bits per heavy atom. The van der Waals surface area contributed by atoms with Gasteiger partial charge in [0, 0.05) is 16.2 Å². The van der Waals surface area contributed by atoms with Crippen molar-refractivity contribution < 1.29 is 0 Å². The highest BCUT2D eigenvalue weighted by Gasteiger charge is 2.40. The van der Waals surface area contributed by atoms with Gasteiger partial charge in [-0.05, 0) is 146 Å². The first kappa shape index (κ1) is 33.0. The van der Waals surface area contributed by atoms with Crippen LogP contribution < -0.4 is 0 Å². The van der Waals surface area contributed by atoms with E-state index in [1.54, 1.807) is 0 Å². The number of rotatable bonds is 2. The van der Waals surface area contributed by atoms with Gasteiger partial charge in [0.25, 0.3) is 0 Å². The van der Waals surface area contributed by atoms with Gasteiger partial charge in [-0.15, -0.1) is 0 Å². The van der Waals surface area contributed by atoms with Crippen LogP contribution in [0.2, 0.25) is 0 Å². The SMILES string of the molecule is CC1(C)c2ccc(-c3ccc4c(c3)-c3ccc5c6ccccc6c6ccccc6c5c3C4(C)C)cc2-c2cc(-c3ccc4c(c3)C(C)(C)c3ccccc3-4)ccc21. The van der Waals surface area contributed by atoms with Crippen LogP contribution >= 0.6 is 0 Å². The zero-order chi connectivity index (χ0) is 38.6. The largest absolute Gasteiger partial charge is 0.0619 e. The van der Waals surface area contributed by atoms with Crippen LogP contribution in [0.4, 0.5) is 0 Å². The lowest BCUT2D eigenvalue weighted by Gasteiger charge is -2.25. The van der Waals surface area contributed by atoms with Crippen LogP contribution in [-0.2, 0) is 16.2 Å². The Bertz CT molecular complexity index is 3220. The number of fused-ring (bicyclic) bond motifs is 16. The van der Waals surface area contributed by atoms with E-state index >= 15 is 0 Å². The topological polar surface area (TPSA) is 0 Å². The average Bonchev–Trinajstić information content (AvgIpc) is 3.72. The van der Waals surface area contributed by atoms with Crippen molar-refractivity contribution in [3.05, 3.63) is 191 Å². The van der Waals surface area contributed by atoms with Crippen molar-refractivity contribution in [3.63, 3.8) is 0 Å². The molecule has 0 spiro atoms. The van der Waals surface area contributed by atoms with Crippen molar-refractivity contribution >= 4 is 32.3 Å². The first-order chi connectivity index (χ1) is 27.5. The van der Waals surface area contributed by atoms with Crippen LogP contribution in [0.1, 0.15) is 74.9 Å². The van der Waals surface area contributed by atoms with E-state index < -0.39 is 0 Å². The molecule has 0 amide bonds. The highest BCUT2D eigenvalue weighted by Crippen LogP contribution is 2.56. The third-order valence-corrected chi connectivity index (χ3v) is 14.4. The summed E-state index contributed by atoms with van der Waals surface area (Å²) in [7, 11) is 0. The highest BCUT2D eigenvalue weighted by molar-refractivity contribution is 6.27. The van der Waals surface area contributed by atoms with Gasteiger partial charge in [-0.2, -0.15) is 0 Å². The van der Waals surface area contributed by atoms with Gasteiger partial charge in [-0.3, -0.25) is 0 Å². The van der Waals surface area contributed by atoms with E-state index in [0.717, 1.165) is 0 Å². The van der Waals surface area contributed by atoms with E-state index in [1.807, 2.05) is 0 Å². The molecule has 0 bridgehead atoms. The summed E-state index contributed by atoms with van der Waals surface area (Å²) in [5.74, 6) is 0. The first-order valence-corrected chi connectivity index (χ1v) is 20.6. The minimum Gasteiger partial charge on any atom is -0.0619 e. The van der Waals surface area contributed by atoms with Crippen LogP contribution in [0.3, 0.4) is 0 Å². The summed E-state index contributed by atoms with van der Waals surface area (Å²) in [5, 5.41) is 8.07. The molecule has 9 aromatic rings. The molecule has 0 radical (unpaired) electrons. The van der Waals surface area contributed by atoms with Gasteiger partial charge < -0.3 is 0 Å². The van der Waals surface area contributed by atoms with Crippen molar-refractivity contribution in [2.24, 2.45) is 0 Å². The van der Waals surface area contributed by atoms with E-state index in [4.69, 9.17) is 0 Å². The Hall–Kier alpha value is -6.24. The molecule has 0 aromatic heterocycles. The van der Waals surface area contributed by atoms with E-state index in [-0.39, 0.29) is 16.2 Å². The molecule has 0 aliphatic heterocycles. The van der Waals surface area contributed by atoms with Gasteiger partial charge >= 0.3 is 0 Å². The molecule has 0 unspecified atom stereocenters. The molecule has 3 aliphatic rings. The lowest BCUT2D eigenvalue weighted by molar-refractivity contribution is 0.660. The predicted molar refractivity (Wildman–Crippen MR) is 243 cm³/mol. The molecule has 0 atom stereocenters. The van der Waals surface area contributed by atoms with E-state index in [2.05, 4.69) is 199 Å². The summed E-state index contributed by atoms with van der Waals surface area (Å²) in [6.07, 6.45) is 0. The second-order valence-electron chi connectivity index (χ2n) is 18.5. The van der Waals surface area contributed by atoms with Crippen LogP contribution in [0, 0.1) is 0 Å². The second kappa shape index (κ2) is 11.0. The molecule has 0 saturated carbocycles. The Balaban J connectivity index is 0.988. The molecule has 12 rings (SSSR count). The fraction of sp³-hybridized carbons (Fsp3) is 0.158. The predicted octanol–water partition coefficient (Wildman–Crippen LogP) is 15.4. The minimum absolute atomic E-state index is 0.0248. The van der Waals surface area contributed by atoms with Gasteiger partial charge in [0.05, 0.1) is 0 Å². The molecule has 0 heterocycles. The zero-order valence-corrected chi connectivity index (χ0v) is 33.5. The minimum atomic E-state index is -0.138. The normalized spacial score (nSPS) is 16.0. The Kier molecular flexibility index (Phi) is 6.35. The molecular weight excluding hydrogens is 685 g/mol. The maximum absolute atomic E-state index is 2.47. The molecule has 0 nitrogen and oxygen atoms in total. The Morgan fingerprint density at radius 2 is 0.649 bits per heavy atom. The van der Waals surface area contributed by atoms with Gasteiger partial charge in [0.15, 0.2) is 0 Å². The molecule has 0 heteroatoms. The van der Waals surface area contributed by atoms with E-state index in [9.17, 15) is 0 Å². The summed E-state index contributed by atoms with van der Waals surface area (Å²) in [5.41, 5.74) is 21.5. The summed E-state index contributed by atoms with van der Waals surface area (Å²) >= 11 is 0. The van der Waals surface area contributed by atoms with Gasteiger partial charge in [0.1, 0.15) is 0 Å². The molecule has 0 N–H and O–H groups in total. The first-order valence-electron chi connectivity index (χ1n) is 20.6. The van der Waals surface area contributed by atoms with Gasteiger partial charge in [-0.1, -0.05) is 175 Å². The van der Waals surface area contributed by atoms with Crippen LogP contribution in [-0.4, -0.2) is 0 Å². The van der Waals surface area contributed by atoms with Crippen molar-refractivity contribution in [3.8, 4) is 55.6 Å². The lowest BCUT2D eigenvalue weighted by atomic mass is 9.78. The summed E-state index contributed by atoms with van der Waals surface area (Å²) in [6, 6.07) is 60.4. The molecule has 57 heavy (non-hydrogen) atoms. The number of benzene rings is 9. The Labute approximate surface area is 335 Å². The van der Waals surface area contributed by atoms with Gasteiger partial charge in [0.2, 0.25) is 0 Å². The lowest BCUT2D eigenvalue weighted by Crippen LogP contribution is -2.15. The fourth-order valence-corrected chi connectivity index (χ4v) is 11.5. The average molecular weight is 729 g/mol. The van der Waals surface area contributed by atoms with Crippen LogP contribution in [0.5, 0.6) is 0 Å². The van der Waals surface area contributed by atoms with Crippen molar-refractivity contribution in [1.29, 1.82) is 0 Å².